The van der Waals surface area contributed by atoms with Gasteiger partial charge in [-0.25, -0.2) is 0 Å². The molecular formula is C11H13N3. The summed E-state index contributed by atoms with van der Waals surface area (Å²) < 4.78 is 1.90. The van der Waals surface area contributed by atoms with E-state index in [2.05, 4.69) is 17.2 Å². The van der Waals surface area contributed by atoms with Gasteiger partial charge in [-0.2, -0.15) is 5.10 Å². The van der Waals surface area contributed by atoms with Crippen LogP contribution in [0.1, 0.15) is 11.1 Å². The van der Waals surface area contributed by atoms with Crippen LogP contribution in [0.5, 0.6) is 0 Å². The third-order valence-electron chi connectivity index (χ3n) is 2.23. The van der Waals surface area contributed by atoms with Crippen LogP contribution in [0.25, 0.3) is 0 Å². The van der Waals surface area contributed by atoms with Crippen LogP contribution in [0.3, 0.4) is 0 Å². The summed E-state index contributed by atoms with van der Waals surface area (Å²) in [6.07, 6.45) is 3.73. The first-order valence-corrected chi connectivity index (χ1v) is 4.64. The molecular weight excluding hydrogens is 174 g/mol. The quantitative estimate of drug-likeness (QED) is 0.789. The molecule has 14 heavy (non-hydrogen) atoms. The van der Waals surface area contributed by atoms with Gasteiger partial charge in [0.2, 0.25) is 0 Å². The second-order valence-electron chi connectivity index (χ2n) is 3.18. The highest BCUT2D eigenvalue weighted by Crippen LogP contribution is 2.09. The third kappa shape index (κ3) is 1.83. The molecule has 1 heterocycles. The maximum Gasteiger partial charge on any atom is 0.0662 e. The van der Waals surface area contributed by atoms with Crippen LogP contribution >= 0.6 is 0 Å². The molecule has 0 saturated heterocycles. The number of hydrogen-bond acceptors (Lipinski definition) is 2. The van der Waals surface area contributed by atoms with Gasteiger partial charge < -0.3 is 5.73 Å². The lowest BCUT2D eigenvalue weighted by Crippen LogP contribution is -2.06. The number of nitrogens with two attached hydrogens (primary N) is 1. The molecule has 0 atom stereocenters. The molecule has 2 N–H and O–H groups in total. The fourth-order valence-corrected chi connectivity index (χ4v) is 1.48. The van der Waals surface area contributed by atoms with Crippen molar-refractivity contribution >= 4 is 0 Å². The van der Waals surface area contributed by atoms with Gasteiger partial charge >= 0.3 is 0 Å². The Labute approximate surface area is 83.2 Å². The SMILES string of the molecule is NCc1ccccc1Cn1cccn1. The molecule has 72 valence electrons. The fourth-order valence-electron chi connectivity index (χ4n) is 1.48. The van der Waals surface area contributed by atoms with E-state index in [1.54, 1.807) is 6.20 Å². The van der Waals surface area contributed by atoms with Crippen molar-refractivity contribution < 1.29 is 0 Å². The van der Waals surface area contributed by atoms with Crippen LogP contribution in [0.15, 0.2) is 42.7 Å². The minimum atomic E-state index is 0.581. The van der Waals surface area contributed by atoms with Crippen molar-refractivity contribution in [3.8, 4) is 0 Å². The van der Waals surface area contributed by atoms with Gasteiger partial charge in [-0.15, -0.1) is 0 Å². The zero-order valence-corrected chi connectivity index (χ0v) is 7.93. The Morgan fingerprint density at radius 1 is 1.14 bits per heavy atom. The predicted molar refractivity (Wildman–Crippen MR) is 55.7 cm³/mol. The van der Waals surface area contributed by atoms with Crippen LogP contribution in [0.4, 0.5) is 0 Å². The molecule has 0 unspecified atom stereocenters. The van der Waals surface area contributed by atoms with E-state index in [1.165, 1.54) is 11.1 Å². The van der Waals surface area contributed by atoms with Crippen molar-refractivity contribution in [1.82, 2.24) is 9.78 Å². The van der Waals surface area contributed by atoms with Crippen LogP contribution in [-0.4, -0.2) is 9.78 Å². The first-order valence-electron chi connectivity index (χ1n) is 4.64. The van der Waals surface area contributed by atoms with Crippen molar-refractivity contribution in [3.63, 3.8) is 0 Å². The van der Waals surface area contributed by atoms with Gasteiger partial charge in [-0.3, -0.25) is 4.68 Å². The van der Waals surface area contributed by atoms with E-state index >= 15 is 0 Å². The van der Waals surface area contributed by atoms with E-state index in [1.807, 2.05) is 29.1 Å². The van der Waals surface area contributed by atoms with E-state index in [-0.39, 0.29) is 0 Å². The summed E-state index contributed by atoms with van der Waals surface area (Å²) in [5.74, 6) is 0. The molecule has 1 aromatic carbocycles. The second kappa shape index (κ2) is 4.07. The average Bonchev–Trinajstić information content (AvgIpc) is 2.71. The van der Waals surface area contributed by atoms with Gasteiger partial charge in [-0.1, -0.05) is 24.3 Å². The highest BCUT2D eigenvalue weighted by Gasteiger charge is 2.00. The van der Waals surface area contributed by atoms with Crippen molar-refractivity contribution in [1.29, 1.82) is 0 Å². The van der Waals surface area contributed by atoms with E-state index in [0.717, 1.165) is 6.54 Å². The number of benzene rings is 1. The van der Waals surface area contributed by atoms with Crippen molar-refractivity contribution in [3.05, 3.63) is 53.9 Å². The third-order valence-corrected chi connectivity index (χ3v) is 2.23. The summed E-state index contributed by atoms with van der Waals surface area (Å²) in [6, 6.07) is 10.1. The van der Waals surface area contributed by atoms with Crippen molar-refractivity contribution in [2.45, 2.75) is 13.1 Å². The average molecular weight is 187 g/mol. The standard InChI is InChI=1S/C11H13N3/c12-8-10-4-1-2-5-11(10)9-14-7-3-6-13-14/h1-7H,8-9,12H2. The fraction of sp³-hybridized carbons (Fsp3) is 0.182. The Morgan fingerprint density at radius 2 is 1.93 bits per heavy atom. The van der Waals surface area contributed by atoms with Gasteiger partial charge in [0.05, 0.1) is 6.54 Å². The molecule has 2 aromatic rings. The topological polar surface area (TPSA) is 43.8 Å². The van der Waals surface area contributed by atoms with Gasteiger partial charge in [0.1, 0.15) is 0 Å². The minimum absolute atomic E-state index is 0.581. The van der Waals surface area contributed by atoms with Crippen molar-refractivity contribution in [2.75, 3.05) is 0 Å². The van der Waals surface area contributed by atoms with Crippen molar-refractivity contribution in [2.24, 2.45) is 5.73 Å². The summed E-state index contributed by atoms with van der Waals surface area (Å²) in [7, 11) is 0. The largest absolute Gasteiger partial charge is 0.326 e. The molecule has 0 fully saturated rings. The Morgan fingerprint density at radius 3 is 2.57 bits per heavy atom. The molecule has 0 saturated carbocycles. The molecule has 0 aliphatic heterocycles. The zero-order chi connectivity index (χ0) is 9.80. The molecule has 2 rings (SSSR count). The van der Waals surface area contributed by atoms with Crippen LogP contribution in [0.2, 0.25) is 0 Å². The van der Waals surface area contributed by atoms with E-state index < -0.39 is 0 Å². The summed E-state index contributed by atoms with van der Waals surface area (Å²) in [5, 5.41) is 4.16. The lowest BCUT2D eigenvalue weighted by molar-refractivity contribution is 0.681. The van der Waals surface area contributed by atoms with E-state index in [9.17, 15) is 0 Å². The Kier molecular flexibility index (Phi) is 2.60. The smallest absolute Gasteiger partial charge is 0.0662 e. The minimum Gasteiger partial charge on any atom is -0.326 e. The molecule has 3 heteroatoms. The lowest BCUT2D eigenvalue weighted by Gasteiger charge is -2.07. The molecule has 0 amide bonds. The van der Waals surface area contributed by atoms with Crippen LogP contribution < -0.4 is 5.73 Å². The zero-order valence-electron chi connectivity index (χ0n) is 7.93. The number of hydrogen-bond donors (Lipinski definition) is 1. The molecule has 0 spiro atoms. The first kappa shape index (κ1) is 8.97. The van der Waals surface area contributed by atoms with Crippen LogP contribution in [-0.2, 0) is 13.1 Å². The first-order chi connectivity index (χ1) is 6.90. The molecule has 0 radical (unpaired) electrons. The Hall–Kier alpha value is -1.61. The summed E-state index contributed by atoms with van der Waals surface area (Å²) in [5.41, 5.74) is 8.07. The predicted octanol–water partition coefficient (Wildman–Crippen LogP) is 1.39. The normalized spacial score (nSPS) is 10.4. The number of nitrogens with zero attached hydrogens (tertiary/aromatic N) is 2. The molecule has 1 aromatic heterocycles. The molecule has 0 bridgehead atoms. The monoisotopic (exact) mass is 187 g/mol. The number of aromatic nitrogens is 2. The molecule has 0 aliphatic carbocycles. The molecule has 3 nitrogen and oxygen atoms in total. The summed E-state index contributed by atoms with van der Waals surface area (Å²) in [4.78, 5) is 0. The van der Waals surface area contributed by atoms with Gasteiger partial charge in [-0.05, 0) is 17.2 Å². The number of rotatable bonds is 3. The maximum absolute atomic E-state index is 5.65. The lowest BCUT2D eigenvalue weighted by atomic mass is 10.1. The Balaban J connectivity index is 2.24. The highest BCUT2D eigenvalue weighted by molar-refractivity contribution is 5.26. The molecule has 0 aliphatic rings. The second-order valence-corrected chi connectivity index (χ2v) is 3.18. The van der Waals surface area contributed by atoms with Gasteiger partial charge in [0.25, 0.3) is 0 Å². The van der Waals surface area contributed by atoms with Gasteiger partial charge in [0, 0.05) is 18.9 Å². The summed E-state index contributed by atoms with van der Waals surface area (Å²) >= 11 is 0. The van der Waals surface area contributed by atoms with E-state index in [0.29, 0.717) is 6.54 Å². The summed E-state index contributed by atoms with van der Waals surface area (Å²) in [6.45, 7) is 1.37. The maximum atomic E-state index is 5.65. The van der Waals surface area contributed by atoms with Gasteiger partial charge in [0.15, 0.2) is 0 Å². The van der Waals surface area contributed by atoms with E-state index in [4.69, 9.17) is 5.73 Å². The Bertz CT molecular complexity index is 393. The van der Waals surface area contributed by atoms with Crippen LogP contribution in [0, 0.1) is 0 Å². The highest BCUT2D eigenvalue weighted by atomic mass is 15.3.